The summed E-state index contributed by atoms with van der Waals surface area (Å²) in [6.07, 6.45) is 0. The Morgan fingerprint density at radius 2 is 2.19 bits per heavy atom. The molecular formula is C10H9F2NO3. The largest absolute Gasteiger partial charge is 0.479 e. The molecule has 1 rings (SSSR count). The van der Waals surface area contributed by atoms with Crippen LogP contribution in [0.15, 0.2) is 23.4 Å². The fraction of sp³-hybridized carbons (Fsp3) is 0.200. The predicted molar refractivity (Wildman–Crippen MR) is 52.2 cm³/mol. The number of rotatable bonds is 4. The summed E-state index contributed by atoms with van der Waals surface area (Å²) in [6, 6.07) is 2.99. The van der Waals surface area contributed by atoms with Crippen molar-refractivity contribution in [1.29, 1.82) is 0 Å². The Hall–Kier alpha value is -1.98. The van der Waals surface area contributed by atoms with Crippen molar-refractivity contribution in [3.8, 4) is 0 Å². The highest BCUT2D eigenvalue weighted by atomic mass is 19.1. The van der Waals surface area contributed by atoms with E-state index < -0.39 is 24.2 Å². The third-order valence-corrected chi connectivity index (χ3v) is 1.71. The van der Waals surface area contributed by atoms with E-state index in [9.17, 15) is 13.6 Å². The lowest BCUT2D eigenvalue weighted by Crippen LogP contribution is -2.06. The first-order valence-electron chi connectivity index (χ1n) is 4.34. The van der Waals surface area contributed by atoms with Crippen molar-refractivity contribution in [2.75, 3.05) is 6.61 Å². The standard InChI is InChI=1S/C10H9F2NO3/c1-6(13-16-5-10(14)15)8-3-2-7(11)4-9(8)12/h2-4H,5H2,1H3,(H,14,15). The van der Waals surface area contributed by atoms with Crippen LogP contribution in [0.1, 0.15) is 12.5 Å². The second-order valence-corrected chi connectivity index (χ2v) is 2.97. The molecule has 0 heterocycles. The summed E-state index contributed by atoms with van der Waals surface area (Å²) in [7, 11) is 0. The lowest BCUT2D eigenvalue weighted by atomic mass is 10.1. The molecule has 0 atom stereocenters. The minimum atomic E-state index is -1.18. The van der Waals surface area contributed by atoms with Crippen molar-refractivity contribution in [2.24, 2.45) is 5.16 Å². The molecule has 86 valence electrons. The van der Waals surface area contributed by atoms with E-state index in [0.717, 1.165) is 6.07 Å². The minimum absolute atomic E-state index is 0.0618. The highest BCUT2D eigenvalue weighted by Gasteiger charge is 2.07. The number of oxime groups is 1. The molecule has 0 aliphatic carbocycles. The van der Waals surface area contributed by atoms with Crippen LogP contribution in [0.25, 0.3) is 0 Å². The number of benzene rings is 1. The molecule has 0 amide bonds. The fourth-order valence-corrected chi connectivity index (χ4v) is 1.02. The van der Waals surface area contributed by atoms with Gasteiger partial charge < -0.3 is 9.94 Å². The van der Waals surface area contributed by atoms with E-state index in [4.69, 9.17) is 5.11 Å². The Balaban J connectivity index is 2.79. The van der Waals surface area contributed by atoms with Gasteiger partial charge in [0.05, 0.1) is 5.71 Å². The molecule has 0 bridgehead atoms. The van der Waals surface area contributed by atoms with Gasteiger partial charge in [-0.25, -0.2) is 13.6 Å². The number of carbonyl (C=O) groups is 1. The minimum Gasteiger partial charge on any atom is -0.479 e. The van der Waals surface area contributed by atoms with Crippen molar-refractivity contribution < 1.29 is 23.5 Å². The van der Waals surface area contributed by atoms with Crippen LogP contribution in [0.4, 0.5) is 8.78 Å². The highest BCUT2D eigenvalue weighted by molar-refractivity contribution is 5.98. The first kappa shape index (κ1) is 12.1. The normalized spacial score (nSPS) is 11.3. The van der Waals surface area contributed by atoms with E-state index in [1.54, 1.807) is 0 Å². The average Bonchev–Trinajstić information content (AvgIpc) is 2.16. The molecule has 0 aromatic heterocycles. The van der Waals surface area contributed by atoms with E-state index in [2.05, 4.69) is 9.99 Å². The van der Waals surface area contributed by atoms with Crippen molar-refractivity contribution in [3.05, 3.63) is 35.4 Å². The fourth-order valence-electron chi connectivity index (χ4n) is 1.02. The van der Waals surface area contributed by atoms with Gasteiger partial charge in [-0.15, -0.1) is 0 Å². The molecule has 0 aliphatic heterocycles. The topological polar surface area (TPSA) is 58.9 Å². The molecule has 0 unspecified atom stereocenters. The van der Waals surface area contributed by atoms with Crippen LogP contribution in [0, 0.1) is 11.6 Å². The van der Waals surface area contributed by atoms with E-state index in [1.165, 1.54) is 13.0 Å². The van der Waals surface area contributed by atoms with E-state index in [1.807, 2.05) is 0 Å². The summed E-state index contributed by atoms with van der Waals surface area (Å²) in [5.74, 6) is -2.66. The van der Waals surface area contributed by atoms with Crippen molar-refractivity contribution >= 4 is 11.7 Å². The SMILES string of the molecule is CC(=NOCC(=O)O)c1ccc(F)cc1F. The maximum Gasteiger partial charge on any atom is 0.344 e. The molecule has 6 heteroatoms. The number of hydrogen-bond acceptors (Lipinski definition) is 3. The van der Waals surface area contributed by atoms with Gasteiger partial charge in [-0.05, 0) is 19.1 Å². The summed E-state index contributed by atoms with van der Waals surface area (Å²) >= 11 is 0. The Morgan fingerprint density at radius 3 is 2.75 bits per heavy atom. The van der Waals surface area contributed by atoms with Gasteiger partial charge in [0.15, 0.2) is 0 Å². The molecular weight excluding hydrogens is 220 g/mol. The third kappa shape index (κ3) is 3.30. The Labute approximate surface area is 90.1 Å². The van der Waals surface area contributed by atoms with E-state index in [0.29, 0.717) is 6.07 Å². The van der Waals surface area contributed by atoms with Gasteiger partial charge in [0.2, 0.25) is 6.61 Å². The molecule has 0 spiro atoms. The Morgan fingerprint density at radius 1 is 1.50 bits per heavy atom. The van der Waals surface area contributed by atoms with Gasteiger partial charge in [0.1, 0.15) is 11.6 Å². The van der Waals surface area contributed by atoms with Crippen LogP contribution >= 0.6 is 0 Å². The van der Waals surface area contributed by atoms with Gasteiger partial charge in [0.25, 0.3) is 0 Å². The summed E-state index contributed by atoms with van der Waals surface area (Å²) in [6.45, 7) is 0.818. The van der Waals surface area contributed by atoms with Crippen LogP contribution in [0.3, 0.4) is 0 Å². The smallest absolute Gasteiger partial charge is 0.344 e. The summed E-state index contributed by atoms with van der Waals surface area (Å²) in [4.78, 5) is 14.5. The van der Waals surface area contributed by atoms with Crippen LogP contribution in [0.2, 0.25) is 0 Å². The lowest BCUT2D eigenvalue weighted by molar-refractivity contribution is -0.142. The molecule has 1 aromatic rings. The monoisotopic (exact) mass is 229 g/mol. The van der Waals surface area contributed by atoms with Crippen molar-refractivity contribution in [2.45, 2.75) is 6.92 Å². The quantitative estimate of drug-likeness (QED) is 0.632. The zero-order chi connectivity index (χ0) is 12.1. The maximum absolute atomic E-state index is 13.2. The molecule has 0 radical (unpaired) electrons. The number of nitrogens with zero attached hydrogens (tertiary/aromatic N) is 1. The zero-order valence-electron chi connectivity index (χ0n) is 8.41. The molecule has 0 aliphatic rings. The molecule has 0 fully saturated rings. The second-order valence-electron chi connectivity index (χ2n) is 2.97. The first-order valence-corrected chi connectivity index (χ1v) is 4.34. The van der Waals surface area contributed by atoms with Gasteiger partial charge in [0, 0.05) is 11.6 Å². The summed E-state index contributed by atoms with van der Waals surface area (Å²) < 4.78 is 25.8. The Kier molecular flexibility index (Phi) is 3.93. The maximum atomic E-state index is 13.2. The summed E-state index contributed by atoms with van der Waals surface area (Å²) in [5, 5.41) is 11.7. The lowest BCUT2D eigenvalue weighted by Gasteiger charge is -2.02. The van der Waals surface area contributed by atoms with Gasteiger partial charge in [-0.2, -0.15) is 0 Å². The van der Waals surface area contributed by atoms with Gasteiger partial charge >= 0.3 is 5.97 Å². The molecule has 0 saturated heterocycles. The predicted octanol–water partition coefficient (Wildman–Crippen LogP) is 1.79. The number of carboxylic acids is 1. The van der Waals surface area contributed by atoms with Crippen LogP contribution < -0.4 is 0 Å². The number of halogens is 2. The van der Waals surface area contributed by atoms with Crippen molar-refractivity contribution in [1.82, 2.24) is 0 Å². The highest BCUT2D eigenvalue weighted by Crippen LogP contribution is 2.10. The zero-order valence-corrected chi connectivity index (χ0v) is 8.41. The first-order chi connectivity index (χ1) is 7.50. The van der Waals surface area contributed by atoms with Crippen molar-refractivity contribution in [3.63, 3.8) is 0 Å². The Bertz CT molecular complexity index is 432. The van der Waals surface area contributed by atoms with Crippen LogP contribution in [-0.2, 0) is 9.63 Å². The van der Waals surface area contributed by atoms with Crippen LogP contribution in [0.5, 0.6) is 0 Å². The molecule has 0 saturated carbocycles. The average molecular weight is 229 g/mol. The number of aliphatic carboxylic acids is 1. The molecule has 1 aromatic carbocycles. The molecule has 4 nitrogen and oxygen atoms in total. The third-order valence-electron chi connectivity index (χ3n) is 1.71. The summed E-state index contributed by atoms with van der Waals surface area (Å²) in [5.41, 5.74) is 0.200. The molecule has 16 heavy (non-hydrogen) atoms. The van der Waals surface area contributed by atoms with Crippen LogP contribution in [-0.4, -0.2) is 23.4 Å². The second kappa shape index (κ2) is 5.20. The number of hydrogen-bond donors (Lipinski definition) is 1. The molecule has 1 N–H and O–H groups in total. The van der Waals surface area contributed by atoms with Gasteiger partial charge in [-0.3, -0.25) is 0 Å². The number of carboxylic acid groups (broad SMARTS) is 1. The van der Waals surface area contributed by atoms with Gasteiger partial charge in [-0.1, -0.05) is 5.16 Å². The van der Waals surface area contributed by atoms with E-state index >= 15 is 0 Å². The van der Waals surface area contributed by atoms with E-state index in [-0.39, 0.29) is 11.3 Å².